The number of aryl methyl sites for hydroxylation is 1. The molecule has 6 nitrogen and oxygen atoms in total. The number of carboxylic acid groups (broad SMARTS) is 1. The van der Waals surface area contributed by atoms with Crippen molar-refractivity contribution in [2.24, 2.45) is 0 Å². The van der Waals surface area contributed by atoms with E-state index in [9.17, 15) is 9.59 Å². The van der Waals surface area contributed by atoms with Crippen molar-refractivity contribution in [2.45, 2.75) is 26.8 Å². The second-order valence-corrected chi connectivity index (χ2v) is 5.92. The van der Waals surface area contributed by atoms with Gasteiger partial charge in [-0.1, -0.05) is 0 Å². The van der Waals surface area contributed by atoms with E-state index in [0.29, 0.717) is 22.2 Å². The number of nitrogens with zero attached hydrogens (tertiary/aromatic N) is 1. The number of aromatic nitrogens is 1. The van der Waals surface area contributed by atoms with Crippen LogP contribution >= 0.6 is 11.3 Å². The fourth-order valence-corrected chi connectivity index (χ4v) is 2.89. The summed E-state index contributed by atoms with van der Waals surface area (Å²) in [6, 6.07) is 6.51. The molecule has 0 aliphatic rings. The van der Waals surface area contributed by atoms with Crippen LogP contribution in [0.1, 0.15) is 29.2 Å². The maximum absolute atomic E-state index is 12.1. The zero-order valence-electron chi connectivity index (χ0n) is 13.1. The fraction of sp³-hybridized carbons (Fsp3) is 0.312. The Hall–Kier alpha value is -2.41. The standard InChI is InChI=1S/C16H18N2O4S/c1-4-22-12-7-5-11(6-8-12)15-18-9(2)13(23-15)14(19)17-10(3)16(20)21/h5-8,10H,4H2,1-3H3,(H,17,19)(H,20,21)/t10-/m0/s1. The van der Waals surface area contributed by atoms with E-state index < -0.39 is 17.9 Å². The van der Waals surface area contributed by atoms with Crippen molar-refractivity contribution in [3.8, 4) is 16.3 Å². The summed E-state index contributed by atoms with van der Waals surface area (Å²) < 4.78 is 5.39. The molecular weight excluding hydrogens is 316 g/mol. The lowest BCUT2D eigenvalue weighted by Crippen LogP contribution is -2.38. The number of carboxylic acids is 1. The molecule has 0 aliphatic heterocycles. The number of amides is 1. The van der Waals surface area contributed by atoms with Crippen LogP contribution < -0.4 is 10.1 Å². The molecule has 1 aromatic heterocycles. The van der Waals surface area contributed by atoms with Crippen LogP contribution in [0, 0.1) is 6.92 Å². The largest absolute Gasteiger partial charge is 0.494 e. The van der Waals surface area contributed by atoms with Crippen LogP contribution in [0.15, 0.2) is 24.3 Å². The van der Waals surface area contributed by atoms with Gasteiger partial charge in [-0.05, 0) is 45.0 Å². The first kappa shape index (κ1) is 17.0. The van der Waals surface area contributed by atoms with Crippen molar-refractivity contribution in [2.75, 3.05) is 6.61 Å². The van der Waals surface area contributed by atoms with Gasteiger partial charge in [0.25, 0.3) is 5.91 Å². The quantitative estimate of drug-likeness (QED) is 0.848. The van der Waals surface area contributed by atoms with Crippen LogP contribution in [0.2, 0.25) is 0 Å². The Morgan fingerprint density at radius 1 is 1.35 bits per heavy atom. The number of rotatable bonds is 6. The van der Waals surface area contributed by atoms with Crippen LogP contribution in [-0.2, 0) is 4.79 Å². The van der Waals surface area contributed by atoms with Crippen LogP contribution in [0.25, 0.3) is 10.6 Å². The summed E-state index contributed by atoms with van der Waals surface area (Å²) in [6.45, 7) is 5.67. The predicted octanol–water partition coefficient (Wildman–Crippen LogP) is 2.72. The third-order valence-corrected chi connectivity index (χ3v) is 4.34. The van der Waals surface area contributed by atoms with Crippen molar-refractivity contribution in [1.82, 2.24) is 10.3 Å². The normalized spacial score (nSPS) is 11.8. The third kappa shape index (κ3) is 4.07. The minimum absolute atomic E-state index is 0.419. The molecule has 2 rings (SSSR count). The molecule has 0 fully saturated rings. The van der Waals surface area contributed by atoms with Crippen LogP contribution in [0.3, 0.4) is 0 Å². The van der Waals surface area contributed by atoms with Gasteiger partial charge >= 0.3 is 5.97 Å². The SMILES string of the molecule is CCOc1ccc(-c2nc(C)c(C(=O)N[C@@H](C)C(=O)O)s2)cc1. The predicted molar refractivity (Wildman–Crippen MR) is 88.0 cm³/mol. The summed E-state index contributed by atoms with van der Waals surface area (Å²) in [5.41, 5.74) is 1.46. The second-order valence-electron chi connectivity index (χ2n) is 4.92. The van der Waals surface area contributed by atoms with Crippen molar-refractivity contribution in [3.05, 3.63) is 34.8 Å². The molecule has 0 saturated carbocycles. The number of ether oxygens (including phenoxy) is 1. The summed E-state index contributed by atoms with van der Waals surface area (Å²) in [5.74, 6) is -0.725. The average Bonchev–Trinajstić information content (AvgIpc) is 2.90. The number of aliphatic carboxylic acids is 1. The second kappa shape index (κ2) is 7.23. The summed E-state index contributed by atoms with van der Waals surface area (Å²) in [4.78, 5) is 27.8. The van der Waals surface area contributed by atoms with E-state index in [4.69, 9.17) is 9.84 Å². The van der Waals surface area contributed by atoms with Gasteiger partial charge < -0.3 is 15.2 Å². The highest BCUT2D eigenvalue weighted by Crippen LogP contribution is 2.29. The molecule has 2 aromatic rings. The maximum atomic E-state index is 12.1. The zero-order chi connectivity index (χ0) is 17.0. The highest BCUT2D eigenvalue weighted by Gasteiger charge is 2.20. The molecule has 7 heteroatoms. The third-order valence-electron chi connectivity index (χ3n) is 3.13. The highest BCUT2D eigenvalue weighted by molar-refractivity contribution is 7.17. The minimum atomic E-state index is -1.08. The molecule has 23 heavy (non-hydrogen) atoms. The fourth-order valence-electron chi connectivity index (χ4n) is 1.91. The van der Waals surface area contributed by atoms with Gasteiger partial charge in [-0.3, -0.25) is 9.59 Å². The van der Waals surface area contributed by atoms with Crippen LogP contribution in [-0.4, -0.2) is 34.6 Å². The lowest BCUT2D eigenvalue weighted by Gasteiger charge is -2.07. The Morgan fingerprint density at radius 3 is 2.57 bits per heavy atom. The van der Waals surface area contributed by atoms with E-state index in [2.05, 4.69) is 10.3 Å². The summed E-state index contributed by atoms with van der Waals surface area (Å²) >= 11 is 1.24. The summed E-state index contributed by atoms with van der Waals surface area (Å²) in [5, 5.41) is 12.0. The molecule has 1 amide bonds. The Balaban J connectivity index is 2.20. The maximum Gasteiger partial charge on any atom is 0.325 e. The van der Waals surface area contributed by atoms with Crippen molar-refractivity contribution < 1.29 is 19.4 Å². The van der Waals surface area contributed by atoms with Gasteiger partial charge in [-0.2, -0.15) is 0 Å². The molecule has 0 radical (unpaired) electrons. The van der Waals surface area contributed by atoms with E-state index in [1.54, 1.807) is 6.92 Å². The highest BCUT2D eigenvalue weighted by atomic mass is 32.1. The van der Waals surface area contributed by atoms with Gasteiger partial charge in [0.15, 0.2) is 0 Å². The van der Waals surface area contributed by atoms with Gasteiger partial charge in [0.05, 0.1) is 12.3 Å². The van der Waals surface area contributed by atoms with Crippen molar-refractivity contribution in [3.63, 3.8) is 0 Å². The van der Waals surface area contributed by atoms with E-state index >= 15 is 0 Å². The van der Waals surface area contributed by atoms with Crippen LogP contribution in [0.5, 0.6) is 5.75 Å². The lowest BCUT2D eigenvalue weighted by atomic mass is 10.2. The van der Waals surface area contributed by atoms with Gasteiger partial charge in [-0.25, -0.2) is 4.98 Å². The number of nitrogens with one attached hydrogen (secondary N) is 1. The number of hydrogen-bond donors (Lipinski definition) is 2. The Morgan fingerprint density at radius 2 is 2.00 bits per heavy atom. The molecule has 0 aliphatic carbocycles. The first-order chi connectivity index (χ1) is 10.9. The van der Waals surface area contributed by atoms with Gasteiger partial charge in [0, 0.05) is 5.56 Å². The lowest BCUT2D eigenvalue weighted by molar-refractivity contribution is -0.138. The first-order valence-electron chi connectivity index (χ1n) is 7.16. The number of benzene rings is 1. The molecular formula is C16H18N2O4S. The number of thiazole rings is 1. The minimum Gasteiger partial charge on any atom is -0.494 e. The number of hydrogen-bond acceptors (Lipinski definition) is 5. The molecule has 2 N–H and O–H groups in total. The number of carbonyl (C=O) groups excluding carboxylic acids is 1. The molecule has 0 saturated heterocycles. The zero-order valence-corrected chi connectivity index (χ0v) is 13.9. The molecule has 1 atom stereocenters. The van der Waals surface area contributed by atoms with Crippen molar-refractivity contribution in [1.29, 1.82) is 0 Å². The number of carbonyl (C=O) groups is 2. The Bertz CT molecular complexity index is 709. The Kier molecular flexibility index (Phi) is 5.33. The topological polar surface area (TPSA) is 88.5 Å². The first-order valence-corrected chi connectivity index (χ1v) is 7.98. The van der Waals surface area contributed by atoms with E-state index in [1.807, 2.05) is 31.2 Å². The molecule has 0 bridgehead atoms. The average molecular weight is 334 g/mol. The summed E-state index contributed by atoms with van der Waals surface area (Å²) in [7, 11) is 0. The molecule has 0 spiro atoms. The molecule has 0 unspecified atom stereocenters. The smallest absolute Gasteiger partial charge is 0.325 e. The van der Waals surface area contributed by atoms with E-state index in [0.717, 1.165) is 11.3 Å². The summed E-state index contributed by atoms with van der Waals surface area (Å²) in [6.07, 6.45) is 0. The van der Waals surface area contributed by atoms with E-state index in [-0.39, 0.29) is 0 Å². The Labute approximate surface area is 138 Å². The molecule has 122 valence electrons. The molecule has 1 aromatic carbocycles. The van der Waals surface area contributed by atoms with Gasteiger partial charge in [0.2, 0.25) is 0 Å². The van der Waals surface area contributed by atoms with Gasteiger partial charge in [-0.15, -0.1) is 11.3 Å². The monoisotopic (exact) mass is 334 g/mol. The van der Waals surface area contributed by atoms with E-state index in [1.165, 1.54) is 18.3 Å². The van der Waals surface area contributed by atoms with Crippen molar-refractivity contribution >= 4 is 23.2 Å². The van der Waals surface area contributed by atoms with Crippen LogP contribution in [0.4, 0.5) is 0 Å². The van der Waals surface area contributed by atoms with Gasteiger partial charge in [0.1, 0.15) is 21.7 Å². The molecule has 1 heterocycles.